The molecule has 128 valence electrons. The second kappa shape index (κ2) is 6.30. The maximum absolute atomic E-state index is 13.2. The van der Waals surface area contributed by atoms with Crippen LogP contribution >= 0.6 is 0 Å². The highest BCUT2D eigenvalue weighted by atomic mass is 16.3. The van der Waals surface area contributed by atoms with Crippen molar-refractivity contribution in [3.63, 3.8) is 0 Å². The number of hydrogen-bond donors (Lipinski definition) is 1. The topological polar surface area (TPSA) is 37.3 Å². The fourth-order valence-electron chi connectivity index (χ4n) is 3.77. The molecule has 0 heterocycles. The summed E-state index contributed by atoms with van der Waals surface area (Å²) in [5.41, 5.74) is 5.96. The van der Waals surface area contributed by atoms with E-state index < -0.39 is 0 Å². The van der Waals surface area contributed by atoms with E-state index in [4.69, 9.17) is 0 Å². The molecular formula is C24H20O2. The summed E-state index contributed by atoms with van der Waals surface area (Å²) < 4.78 is 0. The number of benzene rings is 3. The van der Waals surface area contributed by atoms with Gasteiger partial charge in [0.15, 0.2) is 5.78 Å². The van der Waals surface area contributed by atoms with Crippen LogP contribution in [0.2, 0.25) is 0 Å². The molecule has 0 amide bonds. The summed E-state index contributed by atoms with van der Waals surface area (Å²) in [4.78, 5) is 13.2. The van der Waals surface area contributed by atoms with Crippen LogP contribution in [0, 0.1) is 13.8 Å². The minimum atomic E-state index is -0.295. The first kappa shape index (κ1) is 16.3. The third kappa shape index (κ3) is 2.55. The van der Waals surface area contributed by atoms with E-state index >= 15 is 0 Å². The minimum absolute atomic E-state index is 0.0899. The molecule has 0 radical (unpaired) electrons. The number of fused-ring (bicyclic) bond motifs is 1. The van der Waals surface area contributed by atoms with Gasteiger partial charge in [0.2, 0.25) is 0 Å². The average Bonchev–Trinajstić information content (AvgIpc) is 2.91. The van der Waals surface area contributed by atoms with Crippen molar-refractivity contribution < 1.29 is 9.90 Å². The smallest absolute Gasteiger partial charge is 0.194 e. The molecule has 0 fully saturated rings. The van der Waals surface area contributed by atoms with Gasteiger partial charge in [-0.25, -0.2) is 0 Å². The van der Waals surface area contributed by atoms with Crippen molar-refractivity contribution in [3.05, 3.63) is 112 Å². The van der Waals surface area contributed by atoms with E-state index in [0.29, 0.717) is 16.7 Å². The number of aliphatic hydroxyl groups excluding tert-OH is 1. The Morgan fingerprint density at radius 1 is 0.808 bits per heavy atom. The number of hydrogen-bond acceptors (Lipinski definition) is 2. The maximum Gasteiger partial charge on any atom is 0.194 e. The van der Waals surface area contributed by atoms with E-state index in [9.17, 15) is 9.90 Å². The number of allylic oxidation sites excluding steroid dienone is 1. The van der Waals surface area contributed by atoms with Crippen molar-refractivity contribution in [3.8, 4) is 0 Å². The summed E-state index contributed by atoms with van der Waals surface area (Å²) in [5, 5.41) is 10.9. The standard InChI is InChI=1S/C24H20O2/c1-15-12-13-16(2)20(14-15)21(17-8-4-3-5-9-17)22-23(25)18-10-6-7-11-19(18)24(22)26/h3-14,21,25H,1-2H3/t21-/m1/s1. The zero-order valence-corrected chi connectivity index (χ0v) is 14.9. The number of Topliss-reactive ketones (excluding diaryl/α,β-unsaturated/α-hetero) is 1. The predicted octanol–water partition coefficient (Wildman–Crippen LogP) is 5.60. The number of ketones is 1. The molecular weight excluding hydrogens is 320 g/mol. The van der Waals surface area contributed by atoms with E-state index in [0.717, 1.165) is 22.3 Å². The van der Waals surface area contributed by atoms with Crippen LogP contribution in [0.4, 0.5) is 0 Å². The molecule has 26 heavy (non-hydrogen) atoms. The number of carbonyl (C=O) groups excluding carboxylic acids is 1. The van der Waals surface area contributed by atoms with Gasteiger partial charge in [-0.1, -0.05) is 78.4 Å². The molecule has 1 N–H and O–H groups in total. The zero-order valence-electron chi connectivity index (χ0n) is 14.9. The van der Waals surface area contributed by atoms with Crippen LogP contribution in [0.25, 0.3) is 5.76 Å². The van der Waals surface area contributed by atoms with Gasteiger partial charge in [0.05, 0.1) is 5.57 Å². The highest BCUT2D eigenvalue weighted by Crippen LogP contribution is 2.43. The lowest BCUT2D eigenvalue weighted by molar-refractivity contribution is 0.103. The van der Waals surface area contributed by atoms with Crippen LogP contribution < -0.4 is 0 Å². The molecule has 0 saturated heterocycles. The van der Waals surface area contributed by atoms with Crippen molar-refractivity contribution in [2.24, 2.45) is 0 Å². The molecule has 1 atom stereocenters. The molecule has 0 spiro atoms. The lowest BCUT2D eigenvalue weighted by Gasteiger charge is -2.22. The molecule has 1 aliphatic rings. The molecule has 0 unspecified atom stereocenters. The summed E-state index contributed by atoms with van der Waals surface area (Å²) in [5.74, 6) is -0.288. The Balaban J connectivity index is 1.98. The van der Waals surface area contributed by atoms with Crippen molar-refractivity contribution in [1.29, 1.82) is 0 Å². The van der Waals surface area contributed by atoms with Crippen molar-refractivity contribution in [1.82, 2.24) is 0 Å². The van der Waals surface area contributed by atoms with Gasteiger partial charge in [-0.05, 0) is 30.5 Å². The van der Waals surface area contributed by atoms with Gasteiger partial charge in [0.1, 0.15) is 5.76 Å². The first-order valence-corrected chi connectivity index (χ1v) is 8.77. The predicted molar refractivity (Wildman–Crippen MR) is 105 cm³/mol. The maximum atomic E-state index is 13.2. The minimum Gasteiger partial charge on any atom is -0.507 e. The van der Waals surface area contributed by atoms with Crippen LogP contribution in [0.5, 0.6) is 0 Å². The summed E-state index contributed by atoms with van der Waals surface area (Å²) in [6, 6.07) is 23.5. The van der Waals surface area contributed by atoms with Crippen LogP contribution in [0.15, 0.2) is 78.4 Å². The largest absolute Gasteiger partial charge is 0.507 e. The normalized spacial score (nSPS) is 14.5. The molecule has 0 saturated carbocycles. The fourth-order valence-corrected chi connectivity index (χ4v) is 3.77. The molecule has 3 aromatic rings. The lowest BCUT2D eigenvalue weighted by atomic mass is 9.81. The number of rotatable bonds is 3. The highest BCUT2D eigenvalue weighted by molar-refractivity contribution is 6.20. The molecule has 4 rings (SSSR count). The molecule has 2 heteroatoms. The molecule has 0 aromatic heterocycles. The second-order valence-corrected chi connectivity index (χ2v) is 6.84. The van der Waals surface area contributed by atoms with Crippen LogP contribution in [-0.4, -0.2) is 10.9 Å². The first-order chi connectivity index (χ1) is 12.6. The first-order valence-electron chi connectivity index (χ1n) is 8.77. The van der Waals surface area contributed by atoms with E-state index in [2.05, 4.69) is 25.1 Å². The van der Waals surface area contributed by atoms with Gasteiger partial charge in [-0.15, -0.1) is 0 Å². The average molecular weight is 340 g/mol. The molecule has 1 aliphatic carbocycles. The Labute approximate surface area is 153 Å². The van der Waals surface area contributed by atoms with E-state index in [1.165, 1.54) is 0 Å². The fraction of sp³-hybridized carbons (Fsp3) is 0.125. The second-order valence-electron chi connectivity index (χ2n) is 6.84. The van der Waals surface area contributed by atoms with Crippen LogP contribution in [-0.2, 0) is 0 Å². The van der Waals surface area contributed by atoms with Crippen molar-refractivity contribution in [2.45, 2.75) is 19.8 Å². The van der Waals surface area contributed by atoms with E-state index in [-0.39, 0.29) is 17.5 Å². The van der Waals surface area contributed by atoms with Gasteiger partial charge in [0.25, 0.3) is 0 Å². The van der Waals surface area contributed by atoms with Crippen LogP contribution in [0.3, 0.4) is 0 Å². The number of carbonyl (C=O) groups is 1. The molecule has 0 aliphatic heterocycles. The highest BCUT2D eigenvalue weighted by Gasteiger charge is 2.36. The van der Waals surface area contributed by atoms with Gasteiger partial charge in [0, 0.05) is 17.0 Å². The summed E-state index contributed by atoms with van der Waals surface area (Å²) >= 11 is 0. The molecule has 2 nitrogen and oxygen atoms in total. The van der Waals surface area contributed by atoms with Crippen molar-refractivity contribution >= 4 is 11.5 Å². The van der Waals surface area contributed by atoms with Crippen LogP contribution in [0.1, 0.15) is 44.1 Å². The Bertz CT molecular complexity index is 1030. The SMILES string of the molecule is Cc1ccc(C)c([C@H](C2=C(O)c3ccccc3C2=O)c2ccccc2)c1. The number of aryl methyl sites for hydroxylation is 2. The van der Waals surface area contributed by atoms with Gasteiger partial charge >= 0.3 is 0 Å². The molecule has 3 aromatic carbocycles. The van der Waals surface area contributed by atoms with Gasteiger partial charge in [-0.2, -0.15) is 0 Å². The Morgan fingerprint density at radius 3 is 2.15 bits per heavy atom. The van der Waals surface area contributed by atoms with Crippen molar-refractivity contribution in [2.75, 3.05) is 0 Å². The van der Waals surface area contributed by atoms with Gasteiger partial charge in [-0.3, -0.25) is 4.79 Å². The summed E-state index contributed by atoms with van der Waals surface area (Å²) in [6.45, 7) is 4.10. The third-order valence-electron chi connectivity index (χ3n) is 5.09. The van der Waals surface area contributed by atoms with E-state index in [1.807, 2.05) is 49.4 Å². The Morgan fingerprint density at radius 2 is 1.46 bits per heavy atom. The third-order valence-corrected chi connectivity index (χ3v) is 5.09. The monoisotopic (exact) mass is 340 g/mol. The Kier molecular flexibility index (Phi) is 3.96. The Hall–Kier alpha value is -3.13. The summed E-state index contributed by atoms with van der Waals surface area (Å²) in [6.07, 6.45) is 0. The van der Waals surface area contributed by atoms with Gasteiger partial charge < -0.3 is 5.11 Å². The number of aliphatic hydroxyl groups is 1. The quantitative estimate of drug-likeness (QED) is 0.674. The zero-order chi connectivity index (χ0) is 18.3. The summed E-state index contributed by atoms with van der Waals surface area (Å²) in [7, 11) is 0. The molecule has 0 bridgehead atoms. The lowest BCUT2D eigenvalue weighted by Crippen LogP contribution is -2.13. The van der Waals surface area contributed by atoms with E-state index in [1.54, 1.807) is 12.1 Å².